The van der Waals surface area contributed by atoms with Crippen LogP contribution >= 0.6 is 0 Å². The van der Waals surface area contributed by atoms with Crippen LogP contribution in [0, 0.1) is 5.82 Å². The first-order valence-electron chi connectivity index (χ1n) is 7.02. The van der Waals surface area contributed by atoms with Crippen LogP contribution in [0.2, 0.25) is 0 Å². The standard InChI is InChI=1S/C15H24FN3O2/c1-17-15(19-9-10-21-12-11-20-2)18-8-7-13-3-5-14(16)6-4-13/h3-6H,7-12H2,1-2H3,(H2,17,18,19). The van der Waals surface area contributed by atoms with Crippen molar-refractivity contribution in [2.45, 2.75) is 6.42 Å². The fourth-order valence-corrected chi connectivity index (χ4v) is 1.68. The molecule has 0 bridgehead atoms. The van der Waals surface area contributed by atoms with Crippen molar-refractivity contribution in [3.63, 3.8) is 0 Å². The number of methoxy groups -OCH3 is 1. The highest BCUT2D eigenvalue weighted by Gasteiger charge is 1.98. The van der Waals surface area contributed by atoms with Gasteiger partial charge in [-0.05, 0) is 24.1 Å². The van der Waals surface area contributed by atoms with Crippen molar-refractivity contribution >= 4 is 5.96 Å². The van der Waals surface area contributed by atoms with E-state index in [2.05, 4.69) is 15.6 Å². The van der Waals surface area contributed by atoms with E-state index in [1.54, 1.807) is 26.3 Å². The van der Waals surface area contributed by atoms with Gasteiger partial charge < -0.3 is 20.1 Å². The first-order valence-corrected chi connectivity index (χ1v) is 7.02. The maximum atomic E-state index is 12.8. The summed E-state index contributed by atoms with van der Waals surface area (Å²) in [7, 11) is 3.37. The fourth-order valence-electron chi connectivity index (χ4n) is 1.68. The van der Waals surface area contributed by atoms with E-state index in [0.29, 0.717) is 26.4 Å². The second kappa shape index (κ2) is 11.0. The predicted octanol–water partition coefficient (Wildman–Crippen LogP) is 1.20. The van der Waals surface area contributed by atoms with Gasteiger partial charge in [-0.25, -0.2) is 4.39 Å². The third-order valence-electron chi connectivity index (χ3n) is 2.81. The zero-order valence-electron chi connectivity index (χ0n) is 12.7. The molecule has 6 heteroatoms. The van der Waals surface area contributed by atoms with Crippen molar-refractivity contribution in [2.24, 2.45) is 4.99 Å². The van der Waals surface area contributed by atoms with Crippen LogP contribution in [0.25, 0.3) is 0 Å². The van der Waals surface area contributed by atoms with E-state index in [4.69, 9.17) is 9.47 Å². The highest BCUT2D eigenvalue weighted by Crippen LogP contribution is 2.02. The van der Waals surface area contributed by atoms with Gasteiger partial charge in [0, 0.05) is 27.2 Å². The topological polar surface area (TPSA) is 54.9 Å². The van der Waals surface area contributed by atoms with Crippen LogP contribution in [0.3, 0.4) is 0 Å². The average molecular weight is 297 g/mol. The molecule has 118 valence electrons. The van der Waals surface area contributed by atoms with Gasteiger partial charge >= 0.3 is 0 Å². The molecule has 0 aliphatic rings. The lowest BCUT2D eigenvalue weighted by atomic mass is 10.1. The van der Waals surface area contributed by atoms with Crippen molar-refractivity contribution in [3.8, 4) is 0 Å². The van der Waals surface area contributed by atoms with Crippen molar-refractivity contribution in [2.75, 3.05) is 47.1 Å². The summed E-state index contributed by atoms with van der Waals surface area (Å²) >= 11 is 0. The number of nitrogens with one attached hydrogen (secondary N) is 2. The van der Waals surface area contributed by atoms with Crippen molar-refractivity contribution in [3.05, 3.63) is 35.6 Å². The van der Waals surface area contributed by atoms with Crippen molar-refractivity contribution < 1.29 is 13.9 Å². The number of hydrogen-bond acceptors (Lipinski definition) is 3. The number of guanidine groups is 1. The number of aliphatic imine (C=N–C) groups is 1. The van der Waals surface area contributed by atoms with E-state index in [1.807, 2.05) is 0 Å². The van der Waals surface area contributed by atoms with Crippen LogP contribution in [0.4, 0.5) is 4.39 Å². The largest absolute Gasteiger partial charge is 0.382 e. The number of nitrogens with zero attached hydrogens (tertiary/aromatic N) is 1. The van der Waals surface area contributed by atoms with Crippen LogP contribution in [-0.4, -0.2) is 53.0 Å². The monoisotopic (exact) mass is 297 g/mol. The molecule has 21 heavy (non-hydrogen) atoms. The SMILES string of the molecule is CN=C(NCCOCCOC)NCCc1ccc(F)cc1. The Hall–Kier alpha value is -1.66. The molecule has 1 aromatic carbocycles. The maximum Gasteiger partial charge on any atom is 0.191 e. The van der Waals surface area contributed by atoms with Gasteiger partial charge in [0.15, 0.2) is 5.96 Å². The molecule has 0 saturated carbocycles. The predicted molar refractivity (Wildman–Crippen MR) is 82.2 cm³/mol. The van der Waals surface area contributed by atoms with Crippen LogP contribution in [-0.2, 0) is 15.9 Å². The number of ether oxygens (including phenoxy) is 2. The highest BCUT2D eigenvalue weighted by atomic mass is 19.1. The third kappa shape index (κ3) is 8.27. The molecule has 0 aliphatic carbocycles. The quantitative estimate of drug-likeness (QED) is 0.408. The zero-order chi connectivity index (χ0) is 15.3. The van der Waals surface area contributed by atoms with Gasteiger partial charge in [-0.1, -0.05) is 12.1 Å². The summed E-state index contributed by atoms with van der Waals surface area (Å²) < 4.78 is 23.0. The molecule has 0 aromatic heterocycles. The summed E-state index contributed by atoms with van der Waals surface area (Å²) in [5.74, 6) is 0.519. The summed E-state index contributed by atoms with van der Waals surface area (Å²) in [6.45, 7) is 3.21. The van der Waals surface area contributed by atoms with E-state index in [9.17, 15) is 4.39 Å². The molecule has 0 fully saturated rings. The van der Waals surface area contributed by atoms with E-state index >= 15 is 0 Å². The van der Waals surface area contributed by atoms with Crippen LogP contribution in [0.15, 0.2) is 29.3 Å². The molecule has 5 nitrogen and oxygen atoms in total. The second-order valence-corrected chi connectivity index (χ2v) is 4.41. The minimum Gasteiger partial charge on any atom is -0.382 e. The van der Waals surface area contributed by atoms with Gasteiger partial charge in [0.1, 0.15) is 5.82 Å². The minimum atomic E-state index is -0.211. The van der Waals surface area contributed by atoms with Gasteiger partial charge in [-0.2, -0.15) is 0 Å². The number of halogens is 1. The molecule has 0 saturated heterocycles. The lowest BCUT2D eigenvalue weighted by Gasteiger charge is -2.12. The summed E-state index contributed by atoms with van der Waals surface area (Å²) in [5.41, 5.74) is 1.09. The van der Waals surface area contributed by atoms with Gasteiger partial charge in [0.2, 0.25) is 0 Å². The van der Waals surface area contributed by atoms with Crippen LogP contribution in [0.1, 0.15) is 5.56 Å². The van der Waals surface area contributed by atoms with Crippen LogP contribution in [0.5, 0.6) is 0 Å². The van der Waals surface area contributed by atoms with Gasteiger partial charge in [0.05, 0.1) is 19.8 Å². The lowest BCUT2D eigenvalue weighted by Crippen LogP contribution is -2.39. The molecular weight excluding hydrogens is 273 g/mol. The lowest BCUT2D eigenvalue weighted by molar-refractivity contribution is 0.0733. The van der Waals surface area contributed by atoms with Crippen molar-refractivity contribution in [1.29, 1.82) is 0 Å². The Bertz CT molecular complexity index is 410. The summed E-state index contributed by atoms with van der Waals surface area (Å²) in [4.78, 5) is 4.12. The molecule has 1 aromatic rings. The molecule has 0 atom stereocenters. The van der Waals surface area contributed by atoms with E-state index in [1.165, 1.54) is 12.1 Å². The normalized spacial score (nSPS) is 11.5. The van der Waals surface area contributed by atoms with Crippen molar-refractivity contribution in [1.82, 2.24) is 10.6 Å². The minimum absolute atomic E-state index is 0.211. The Labute approximate surface area is 125 Å². The Morgan fingerprint density at radius 3 is 2.48 bits per heavy atom. The molecule has 0 heterocycles. The third-order valence-corrected chi connectivity index (χ3v) is 2.81. The molecule has 0 spiro atoms. The molecule has 0 amide bonds. The maximum absolute atomic E-state index is 12.8. The van der Waals surface area contributed by atoms with E-state index < -0.39 is 0 Å². The molecule has 0 radical (unpaired) electrons. The zero-order valence-corrected chi connectivity index (χ0v) is 12.7. The smallest absolute Gasteiger partial charge is 0.191 e. The van der Waals surface area contributed by atoms with Gasteiger partial charge in [0.25, 0.3) is 0 Å². The number of benzene rings is 1. The Morgan fingerprint density at radius 1 is 1.10 bits per heavy atom. The molecule has 0 aliphatic heterocycles. The fraction of sp³-hybridized carbons (Fsp3) is 0.533. The Morgan fingerprint density at radius 2 is 1.81 bits per heavy atom. The summed E-state index contributed by atoms with van der Waals surface area (Å²) in [6.07, 6.45) is 0.811. The molecular formula is C15H24FN3O2. The van der Waals surface area contributed by atoms with Gasteiger partial charge in [-0.3, -0.25) is 4.99 Å². The number of rotatable bonds is 9. The van der Waals surface area contributed by atoms with E-state index in [-0.39, 0.29) is 5.82 Å². The molecule has 2 N–H and O–H groups in total. The Kier molecular flexibility index (Phi) is 9.15. The Balaban J connectivity index is 2.12. The first kappa shape index (κ1) is 17.4. The van der Waals surface area contributed by atoms with Crippen LogP contribution < -0.4 is 10.6 Å². The van der Waals surface area contributed by atoms with Gasteiger partial charge in [-0.15, -0.1) is 0 Å². The summed E-state index contributed by atoms with van der Waals surface area (Å²) in [6, 6.07) is 6.52. The second-order valence-electron chi connectivity index (χ2n) is 4.41. The highest BCUT2D eigenvalue weighted by molar-refractivity contribution is 5.79. The summed E-state index contributed by atoms with van der Waals surface area (Å²) in [5, 5.41) is 6.35. The average Bonchev–Trinajstić information content (AvgIpc) is 2.50. The first-order chi connectivity index (χ1) is 10.3. The molecule has 0 unspecified atom stereocenters. The number of hydrogen-bond donors (Lipinski definition) is 2. The molecule has 1 rings (SSSR count). The van der Waals surface area contributed by atoms with E-state index in [0.717, 1.165) is 24.5 Å².